The predicted octanol–water partition coefficient (Wildman–Crippen LogP) is 2.14. The fourth-order valence-electron chi connectivity index (χ4n) is 5.20. The maximum absolute atomic E-state index is 13.3. The molecule has 3 aliphatic rings. The van der Waals surface area contributed by atoms with Gasteiger partial charge in [0.15, 0.2) is 5.03 Å². The van der Waals surface area contributed by atoms with Gasteiger partial charge in [-0.2, -0.15) is 9.40 Å². The van der Waals surface area contributed by atoms with Crippen molar-refractivity contribution in [2.75, 3.05) is 13.1 Å². The summed E-state index contributed by atoms with van der Waals surface area (Å²) in [5.74, 6) is 0.834. The van der Waals surface area contributed by atoms with Crippen molar-refractivity contribution in [2.24, 2.45) is 13.0 Å². The van der Waals surface area contributed by atoms with Crippen molar-refractivity contribution in [2.45, 2.75) is 75.5 Å². The van der Waals surface area contributed by atoms with Crippen LogP contribution >= 0.6 is 0 Å². The summed E-state index contributed by atoms with van der Waals surface area (Å²) in [6.45, 7) is 6.54. The van der Waals surface area contributed by atoms with E-state index in [0.717, 1.165) is 37.2 Å². The number of hydrogen-bond acceptors (Lipinski definition) is 4. The lowest BCUT2D eigenvalue weighted by molar-refractivity contribution is 0.0757. The van der Waals surface area contributed by atoms with E-state index in [2.05, 4.69) is 16.9 Å². The van der Waals surface area contributed by atoms with Crippen LogP contribution in [0.2, 0.25) is 0 Å². The van der Waals surface area contributed by atoms with E-state index >= 15 is 0 Å². The number of rotatable bonds is 3. The second-order valence-electron chi connectivity index (χ2n) is 8.32. The molecular formula is C18H30N4O2S. The van der Waals surface area contributed by atoms with Crippen LogP contribution in [0, 0.1) is 12.8 Å². The van der Waals surface area contributed by atoms with E-state index in [4.69, 9.17) is 0 Å². The highest BCUT2D eigenvalue weighted by Crippen LogP contribution is 2.42. The lowest BCUT2D eigenvalue weighted by atomic mass is 9.93. The Morgan fingerprint density at radius 1 is 1.04 bits per heavy atom. The fourth-order valence-corrected chi connectivity index (χ4v) is 7.40. The highest BCUT2D eigenvalue weighted by molar-refractivity contribution is 7.89. The molecule has 7 heteroatoms. The second kappa shape index (κ2) is 6.35. The molecule has 1 aromatic heterocycles. The quantitative estimate of drug-likeness (QED) is 0.822. The van der Waals surface area contributed by atoms with Crippen LogP contribution in [0.4, 0.5) is 0 Å². The molecule has 3 fully saturated rings. The van der Waals surface area contributed by atoms with E-state index in [1.54, 1.807) is 13.2 Å². The molecule has 4 heterocycles. The van der Waals surface area contributed by atoms with E-state index in [9.17, 15) is 8.42 Å². The Morgan fingerprint density at radius 3 is 2.16 bits per heavy atom. The van der Waals surface area contributed by atoms with Crippen LogP contribution in [0.15, 0.2) is 11.2 Å². The molecule has 0 spiro atoms. The molecule has 0 N–H and O–H groups in total. The number of likely N-dealkylation sites (tertiary alicyclic amines) is 1. The first-order chi connectivity index (χ1) is 11.9. The third kappa shape index (κ3) is 2.94. The summed E-state index contributed by atoms with van der Waals surface area (Å²) in [7, 11) is -1.74. The van der Waals surface area contributed by atoms with Gasteiger partial charge in [0.05, 0.1) is 6.20 Å². The molecular weight excluding hydrogens is 336 g/mol. The summed E-state index contributed by atoms with van der Waals surface area (Å²) < 4.78 is 30.0. The number of fused-ring (bicyclic) bond motifs is 2. The Bertz CT molecular complexity index is 703. The largest absolute Gasteiger partial charge is 0.300 e. The normalized spacial score (nSPS) is 32.4. The van der Waals surface area contributed by atoms with Gasteiger partial charge in [-0.25, -0.2) is 8.42 Å². The summed E-state index contributed by atoms with van der Waals surface area (Å²) in [5, 5.41) is 4.52. The molecule has 4 rings (SSSR count). The molecule has 3 aliphatic heterocycles. The summed E-state index contributed by atoms with van der Waals surface area (Å²) in [6.07, 6.45) is 8.19. The predicted molar refractivity (Wildman–Crippen MR) is 96.8 cm³/mol. The Morgan fingerprint density at radius 2 is 1.64 bits per heavy atom. The highest BCUT2D eigenvalue weighted by Gasteiger charge is 2.49. The molecule has 6 nitrogen and oxygen atoms in total. The van der Waals surface area contributed by atoms with Gasteiger partial charge >= 0.3 is 0 Å². The second-order valence-corrected chi connectivity index (χ2v) is 10.1. The minimum Gasteiger partial charge on any atom is -0.300 e. The maximum atomic E-state index is 13.3. The van der Waals surface area contributed by atoms with E-state index in [1.165, 1.54) is 30.6 Å². The van der Waals surface area contributed by atoms with Gasteiger partial charge in [0, 0.05) is 30.7 Å². The van der Waals surface area contributed by atoms with Gasteiger partial charge < -0.3 is 4.90 Å². The molecule has 0 saturated carbocycles. The van der Waals surface area contributed by atoms with Gasteiger partial charge in [-0.3, -0.25) is 4.68 Å². The monoisotopic (exact) mass is 366 g/mol. The van der Waals surface area contributed by atoms with Crippen LogP contribution in [-0.4, -0.2) is 58.6 Å². The van der Waals surface area contributed by atoms with Gasteiger partial charge in [-0.05, 0) is 64.5 Å². The molecule has 0 aliphatic carbocycles. The molecule has 1 aromatic rings. The number of aromatic nitrogens is 2. The third-order valence-electron chi connectivity index (χ3n) is 6.55. The molecule has 2 bridgehead atoms. The van der Waals surface area contributed by atoms with Gasteiger partial charge in [0.2, 0.25) is 0 Å². The van der Waals surface area contributed by atoms with E-state index < -0.39 is 10.0 Å². The molecule has 0 aromatic carbocycles. The van der Waals surface area contributed by atoms with Gasteiger partial charge in [0.1, 0.15) is 0 Å². The van der Waals surface area contributed by atoms with E-state index in [1.807, 2.05) is 11.2 Å². The molecule has 0 radical (unpaired) electrons. The number of aryl methyl sites for hydroxylation is 2. The molecule has 140 valence electrons. The van der Waals surface area contributed by atoms with Gasteiger partial charge in [-0.1, -0.05) is 6.92 Å². The zero-order valence-corrected chi connectivity index (χ0v) is 16.4. The van der Waals surface area contributed by atoms with Crippen molar-refractivity contribution in [3.63, 3.8) is 0 Å². The van der Waals surface area contributed by atoms with E-state index in [-0.39, 0.29) is 12.1 Å². The van der Waals surface area contributed by atoms with Crippen molar-refractivity contribution in [3.8, 4) is 0 Å². The third-order valence-corrected chi connectivity index (χ3v) is 8.78. The fraction of sp³-hybridized carbons (Fsp3) is 0.833. The van der Waals surface area contributed by atoms with E-state index in [0.29, 0.717) is 11.1 Å². The van der Waals surface area contributed by atoms with Crippen LogP contribution in [0.25, 0.3) is 0 Å². The SMILES string of the molecule is Cc1cnn(C)c1S(=O)(=O)N1C2CCC1CC(N1CCC(C)CC1)C2. The van der Waals surface area contributed by atoms with Crippen molar-refractivity contribution >= 4 is 10.0 Å². The van der Waals surface area contributed by atoms with Gasteiger partial charge in [0.25, 0.3) is 10.0 Å². The average Bonchev–Trinajstić information content (AvgIpc) is 3.05. The first-order valence-corrected chi connectivity index (χ1v) is 11.1. The molecule has 0 amide bonds. The lowest BCUT2D eigenvalue weighted by Gasteiger charge is -2.44. The summed E-state index contributed by atoms with van der Waals surface area (Å²) in [4.78, 5) is 2.63. The Kier molecular flexibility index (Phi) is 4.45. The first kappa shape index (κ1) is 17.5. The molecule has 2 atom stereocenters. The van der Waals surface area contributed by atoms with Crippen LogP contribution in [0.1, 0.15) is 51.0 Å². The van der Waals surface area contributed by atoms with Crippen LogP contribution in [0.3, 0.4) is 0 Å². The average molecular weight is 367 g/mol. The van der Waals surface area contributed by atoms with Crippen molar-refractivity contribution in [3.05, 3.63) is 11.8 Å². The molecule has 2 unspecified atom stereocenters. The van der Waals surface area contributed by atoms with Crippen molar-refractivity contribution in [1.29, 1.82) is 0 Å². The minimum absolute atomic E-state index is 0.155. The first-order valence-electron chi connectivity index (χ1n) is 9.64. The summed E-state index contributed by atoms with van der Waals surface area (Å²) in [5.41, 5.74) is 0.744. The molecule has 25 heavy (non-hydrogen) atoms. The standard InChI is InChI=1S/C18H30N4O2S/c1-13-6-8-21(9-7-13)17-10-15-4-5-16(11-17)22(15)25(23,24)18-14(2)12-19-20(18)3/h12-13,15-17H,4-11H2,1-3H3. The Hall–Kier alpha value is -0.920. The maximum Gasteiger partial charge on any atom is 0.260 e. The van der Waals surface area contributed by atoms with Crippen molar-refractivity contribution in [1.82, 2.24) is 19.0 Å². The number of nitrogens with zero attached hydrogens (tertiary/aromatic N) is 4. The van der Waals surface area contributed by atoms with Gasteiger partial charge in [-0.15, -0.1) is 0 Å². The van der Waals surface area contributed by atoms with Crippen molar-refractivity contribution < 1.29 is 8.42 Å². The van der Waals surface area contributed by atoms with Crippen LogP contribution < -0.4 is 0 Å². The van der Waals surface area contributed by atoms with Crippen LogP contribution in [-0.2, 0) is 17.1 Å². The summed E-state index contributed by atoms with van der Waals surface area (Å²) in [6, 6.07) is 0.869. The zero-order chi connectivity index (χ0) is 17.8. The molecule has 3 saturated heterocycles. The number of sulfonamides is 1. The Balaban J connectivity index is 1.55. The topological polar surface area (TPSA) is 58.4 Å². The highest BCUT2D eigenvalue weighted by atomic mass is 32.2. The summed E-state index contributed by atoms with van der Waals surface area (Å²) >= 11 is 0. The lowest BCUT2D eigenvalue weighted by Crippen LogP contribution is -2.53. The number of piperidine rings is 2. The minimum atomic E-state index is -3.46. The zero-order valence-electron chi connectivity index (χ0n) is 15.6. The number of hydrogen-bond donors (Lipinski definition) is 0. The smallest absolute Gasteiger partial charge is 0.260 e. The van der Waals surface area contributed by atoms with Crippen LogP contribution in [0.5, 0.6) is 0 Å². The Labute approximate surface area is 151 Å².